The van der Waals surface area contributed by atoms with Crippen molar-refractivity contribution in [3.63, 3.8) is 0 Å². The van der Waals surface area contributed by atoms with Crippen molar-refractivity contribution in [3.05, 3.63) is 56.8 Å². The molecule has 1 heterocycles. The summed E-state index contributed by atoms with van der Waals surface area (Å²) < 4.78 is 1.95. The number of hydrogen-bond acceptors (Lipinski definition) is 2. The maximum absolute atomic E-state index is 12.0. The van der Waals surface area contributed by atoms with Crippen LogP contribution in [0, 0.1) is 25.2 Å². The molecule has 2 rings (SSSR count). The van der Waals surface area contributed by atoms with E-state index in [2.05, 4.69) is 0 Å². The zero-order valence-electron chi connectivity index (χ0n) is 13.9. The molecule has 0 saturated heterocycles. The van der Waals surface area contributed by atoms with Crippen LogP contribution in [-0.2, 0) is 4.79 Å². The summed E-state index contributed by atoms with van der Waals surface area (Å²) in [5.41, 5.74) is 3.43. The van der Waals surface area contributed by atoms with Crippen LogP contribution >= 0.6 is 23.2 Å². The molecule has 0 atom stereocenters. The Labute approximate surface area is 151 Å². The molecule has 24 heavy (non-hydrogen) atoms. The van der Waals surface area contributed by atoms with Gasteiger partial charge in [0.2, 0.25) is 0 Å². The van der Waals surface area contributed by atoms with E-state index in [1.54, 1.807) is 38.4 Å². The number of aryl methyl sites for hydroxylation is 1. The zero-order valence-corrected chi connectivity index (χ0v) is 15.4. The normalized spacial score (nSPS) is 11.3. The summed E-state index contributed by atoms with van der Waals surface area (Å²) in [4.78, 5) is 13.4. The average Bonchev–Trinajstić information content (AvgIpc) is 2.80. The van der Waals surface area contributed by atoms with Crippen LogP contribution < -0.4 is 0 Å². The van der Waals surface area contributed by atoms with E-state index in [1.165, 1.54) is 4.90 Å². The highest BCUT2D eigenvalue weighted by molar-refractivity contribution is 6.34. The standard InChI is InChI=1S/C18H17Cl2N3O/c1-11-7-13(8-14(10-21)18(24)22(3)4)12(2)23(11)17-9-15(19)5-6-16(17)20/h5-9H,1-4H3/b14-8-. The quantitative estimate of drug-likeness (QED) is 0.600. The van der Waals surface area contributed by atoms with Crippen LogP contribution in [0.5, 0.6) is 0 Å². The highest BCUT2D eigenvalue weighted by Crippen LogP contribution is 2.29. The Morgan fingerprint density at radius 3 is 2.50 bits per heavy atom. The first-order chi connectivity index (χ1) is 11.3. The van der Waals surface area contributed by atoms with E-state index in [0.717, 1.165) is 22.6 Å². The largest absolute Gasteiger partial charge is 0.344 e. The minimum Gasteiger partial charge on any atom is -0.344 e. The van der Waals surface area contributed by atoms with Crippen molar-refractivity contribution in [1.29, 1.82) is 5.26 Å². The molecule has 0 aliphatic rings. The molecule has 0 saturated carbocycles. The summed E-state index contributed by atoms with van der Waals surface area (Å²) in [5.74, 6) is -0.330. The number of carbonyl (C=O) groups excluding carboxylic acids is 1. The third-order valence-electron chi connectivity index (χ3n) is 3.68. The molecule has 124 valence electrons. The summed E-state index contributed by atoms with van der Waals surface area (Å²) in [6.07, 6.45) is 1.60. The Kier molecular flexibility index (Phi) is 5.38. The first-order valence-electron chi connectivity index (χ1n) is 7.24. The van der Waals surface area contributed by atoms with Gasteiger partial charge in [0.25, 0.3) is 5.91 Å². The van der Waals surface area contributed by atoms with Gasteiger partial charge < -0.3 is 9.47 Å². The Balaban J connectivity index is 2.60. The molecule has 0 unspecified atom stereocenters. The number of carbonyl (C=O) groups is 1. The van der Waals surface area contributed by atoms with Gasteiger partial charge in [-0.15, -0.1) is 0 Å². The van der Waals surface area contributed by atoms with Gasteiger partial charge in [0, 0.05) is 30.5 Å². The molecule has 0 bridgehead atoms. The topological polar surface area (TPSA) is 49.0 Å². The number of nitriles is 1. The van der Waals surface area contributed by atoms with Gasteiger partial charge in [-0.1, -0.05) is 23.2 Å². The molecule has 1 amide bonds. The number of halogens is 2. The lowest BCUT2D eigenvalue weighted by Gasteiger charge is -2.12. The third kappa shape index (κ3) is 3.48. The van der Waals surface area contributed by atoms with E-state index >= 15 is 0 Å². The third-order valence-corrected chi connectivity index (χ3v) is 4.23. The number of likely N-dealkylation sites (N-methyl/N-ethyl adjacent to an activating group) is 1. The minimum absolute atomic E-state index is 0.0810. The van der Waals surface area contributed by atoms with Crippen LogP contribution in [0.2, 0.25) is 10.0 Å². The molecular weight excluding hydrogens is 345 g/mol. The fraction of sp³-hybridized carbons (Fsp3) is 0.222. The van der Waals surface area contributed by atoms with Crippen LogP contribution in [-0.4, -0.2) is 29.5 Å². The molecule has 0 aliphatic heterocycles. The van der Waals surface area contributed by atoms with Gasteiger partial charge in [0.05, 0.1) is 10.7 Å². The number of benzene rings is 1. The van der Waals surface area contributed by atoms with Crippen LogP contribution in [0.4, 0.5) is 0 Å². The first kappa shape index (κ1) is 18.1. The monoisotopic (exact) mass is 361 g/mol. The van der Waals surface area contributed by atoms with Crippen LogP contribution in [0.1, 0.15) is 17.0 Å². The molecule has 1 aromatic heterocycles. The molecule has 1 aromatic carbocycles. The van der Waals surface area contributed by atoms with E-state index in [9.17, 15) is 10.1 Å². The smallest absolute Gasteiger partial charge is 0.264 e. The van der Waals surface area contributed by atoms with E-state index in [-0.39, 0.29) is 11.5 Å². The summed E-state index contributed by atoms with van der Waals surface area (Å²) in [6, 6.07) is 9.12. The highest BCUT2D eigenvalue weighted by Gasteiger charge is 2.16. The number of amides is 1. The summed E-state index contributed by atoms with van der Waals surface area (Å²) in [7, 11) is 3.23. The summed E-state index contributed by atoms with van der Waals surface area (Å²) in [6.45, 7) is 3.84. The van der Waals surface area contributed by atoms with E-state index in [0.29, 0.717) is 10.0 Å². The minimum atomic E-state index is -0.330. The zero-order chi connectivity index (χ0) is 18.0. The van der Waals surface area contributed by atoms with Gasteiger partial charge in [-0.2, -0.15) is 5.26 Å². The van der Waals surface area contributed by atoms with E-state index in [1.807, 2.05) is 30.6 Å². The Morgan fingerprint density at radius 1 is 1.25 bits per heavy atom. The Morgan fingerprint density at radius 2 is 1.92 bits per heavy atom. The SMILES string of the molecule is Cc1cc(/C=C(/C#N)C(=O)N(C)C)c(C)n1-c1cc(Cl)ccc1Cl. The van der Waals surface area contributed by atoms with E-state index in [4.69, 9.17) is 23.2 Å². The molecule has 0 aliphatic carbocycles. The van der Waals surface area contributed by atoms with Crippen molar-refractivity contribution in [2.24, 2.45) is 0 Å². The number of hydrogen-bond donors (Lipinski definition) is 0. The van der Waals surface area contributed by atoms with Gasteiger partial charge in [-0.3, -0.25) is 4.79 Å². The second kappa shape index (κ2) is 7.12. The van der Waals surface area contributed by atoms with Crippen molar-refractivity contribution in [2.75, 3.05) is 14.1 Å². The average molecular weight is 362 g/mol. The molecule has 4 nitrogen and oxygen atoms in total. The second-order valence-electron chi connectivity index (χ2n) is 5.63. The van der Waals surface area contributed by atoms with Gasteiger partial charge in [0.15, 0.2) is 0 Å². The van der Waals surface area contributed by atoms with Crippen molar-refractivity contribution >= 4 is 35.2 Å². The predicted octanol–water partition coefficient (Wildman–Crippen LogP) is 4.40. The lowest BCUT2D eigenvalue weighted by Crippen LogP contribution is -2.22. The number of aromatic nitrogens is 1. The molecule has 0 N–H and O–H groups in total. The lowest BCUT2D eigenvalue weighted by molar-refractivity contribution is -0.124. The van der Waals surface area contributed by atoms with Crippen molar-refractivity contribution < 1.29 is 4.79 Å². The van der Waals surface area contributed by atoms with Gasteiger partial charge in [0.1, 0.15) is 11.6 Å². The second-order valence-corrected chi connectivity index (χ2v) is 6.47. The van der Waals surface area contributed by atoms with Gasteiger partial charge in [-0.25, -0.2) is 0 Å². The Hall–Kier alpha value is -2.22. The molecular formula is C18H17Cl2N3O. The molecule has 6 heteroatoms. The van der Waals surface area contributed by atoms with Crippen molar-refractivity contribution in [1.82, 2.24) is 9.47 Å². The van der Waals surface area contributed by atoms with Crippen LogP contribution in [0.25, 0.3) is 11.8 Å². The molecule has 2 aromatic rings. The maximum atomic E-state index is 12.0. The first-order valence-corrected chi connectivity index (χ1v) is 7.99. The maximum Gasteiger partial charge on any atom is 0.264 e. The number of rotatable bonds is 3. The molecule has 0 radical (unpaired) electrons. The fourth-order valence-electron chi connectivity index (χ4n) is 2.50. The summed E-state index contributed by atoms with van der Waals surface area (Å²) >= 11 is 12.4. The molecule has 0 fully saturated rings. The van der Waals surface area contributed by atoms with Crippen LogP contribution in [0.15, 0.2) is 29.8 Å². The number of nitrogens with zero attached hydrogens (tertiary/aromatic N) is 3. The molecule has 0 spiro atoms. The fourth-order valence-corrected chi connectivity index (χ4v) is 2.87. The van der Waals surface area contributed by atoms with Gasteiger partial charge >= 0.3 is 0 Å². The van der Waals surface area contributed by atoms with Crippen molar-refractivity contribution in [2.45, 2.75) is 13.8 Å². The Bertz CT molecular complexity index is 873. The highest BCUT2D eigenvalue weighted by atomic mass is 35.5. The van der Waals surface area contributed by atoms with Crippen LogP contribution in [0.3, 0.4) is 0 Å². The summed E-state index contributed by atoms with van der Waals surface area (Å²) in [5, 5.41) is 10.4. The van der Waals surface area contributed by atoms with E-state index < -0.39 is 0 Å². The lowest BCUT2D eigenvalue weighted by atomic mass is 10.1. The van der Waals surface area contributed by atoms with Gasteiger partial charge in [-0.05, 0) is 49.8 Å². The van der Waals surface area contributed by atoms with Crippen molar-refractivity contribution in [3.8, 4) is 11.8 Å². The predicted molar refractivity (Wildman–Crippen MR) is 97.5 cm³/mol.